The zero-order valence-corrected chi connectivity index (χ0v) is 19.6. The monoisotopic (exact) mass is 465 g/mol. The van der Waals surface area contributed by atoms with Gasteiger partial charge in [-0.1, -0.05) is 48.5 Å². The van der Waals surface area contributed by atoms with Crippen LogP contribution < -0.4 is 10.2 Å². The third kappa shape index (κ3) is 4.43. The van der Waals surface area contributed by atoms with Gasteiger partial charge in [0.05, 0.1) is 11.4 Å². The molecule has 0 bridgehead atoms. The molecule has 1 aliphatic rings. The Labute approximate surface area is 204 Å². The molecule has 3 aromatic carbocycles. The highest BCUT2D eigenvalue weighted by atomic mass is 16.3. The highest BCUT2D eigenvalue weighted by Crippen LogP contribution is 2.31. The summed E-state index contributed by atoms with van der Waals surface area (Å²) in [5.41, 5.74) is 4.93. The molecule has 0 aliphatic carbocycles. The van der Waals surface area contributed by atoms with E-state index in [0.717, 1.165) is 41.8 Å². The van der Waals surface area contributed by atoms with Gasteiger partial charge in [0.15, 0.2) is 0 Å². The predicted molar refractivity (Wildman–Crippen MR) is 138 cm³/mol. The average Bonchev–Trinajstić information content (AvgIpc) is 3.11. The van der Waals surface area contributed by atoms with E-state index in [0.29, 0.717) is 17.7 Å². The number of amides is 2. The van der Waals surface area contributed by atoms with Gasteiger partial charge < -0.3 is 19.9 Å². The first-order valence-electron chi connectivity index (χ1n) is 11.8. The Morgan fingerprint density at radius 1 is 0.914 bits per heavy atom. The fraction of sp³-hybridized carbons (Fsp3) is 0.172. The fourth-order valence-electron chi connectivity index (χ4n) is 4.66. The Balaban J connectivity index is 1.38. The van der Waals surface area contributed by atoms with E-state index in [4.69, 9.17) is 0 Å². The van der Waals surface area contributed by atoms with Gasteiger partial charge in [-0.3, -0.25) is 9.59 Å². The Bertz CT molecular complexity index is 1390. The van der Waals surface area contributed by atoms with Gasteiger partial charge in [0.1, 0.15) is 5.75 Å². The molecule has 0 saturated carbocycles. The first-order chi connectivity index (χ1) is 17.0. The lowest BCUT2D eigenvalue weighted by Gasteiger charge is -2.21. The maximum absolute atomic E-state index is 13.4. The molecule has 4 aromatic rings. The summed E-state index contributed by atoms with van der Waals surface area (Å²) in [6.07, 6.45) is 4.85. The minimum atomic E-state index is -0.333. The summed E-state index contributed by atoms with van der Waals surface area (Å²) in [7, 11) is 1.99. The molecule has 176 valence electrons. The Hall–Kier alpha value is -4.32. The van der Waals surface area contributed by atoms with Gasteiger partial charge in [0.25, 0.3) is 11.8 Å². The summed E-state index contributed by atoms with van der Waals surface area (Å²) in [6.45, 7) is 0.630. The van der Waals surface area contributed by atoms with Crippen molar-refractivity contribution >= 4 is 23.2 Å². The molecule has 0 radical (unpaired) electrons. The summed E-state index contributed by atoms with van der Waals surface area (Å²) in [5, 5.41) is 13.5. The molecule has 0 atom stereocenters. The average molecular weight is 466 g/mol. The molecule has 0 fully saturated rings. The van der Waals surface area contributed by atoms with Gasteiger partial charge in [-0.15, -0.1) is 0 Å². The number of aryl methyl sites for hydroxylation is 1. The summed E-state index contributed by atoms with van der Waals surface area (Å²) >= 11 is 0. The Kier molecular flexibility index (Phi) is 6.10. The van der Waals surface area contributed by atoms with Crippen LogP contribution in [0.2, 0.25) is 0 Å². The van der Waals surface area contributed by atoms with Crippen molar-refractivity contribution < 1.29 is 14.7 Å². The molecule has 0 unspecified atom stereocenters. The van der Waals surface area contributed by atoms with Crippen LogP contribution in [0.4, 0.5) is 11.4 Å². The van der Waals surface area contributed by atoms with Gasteiger partial charge in [-0.2, -0.15) is 0 Å². The summed E-state index contributed by atoms with van der Waals surface area (Å²) in [6, 6.07) is 23.6. The summed E-state index contributed by atoms with van der Waals surface area (Å²) in [5.74, 6) is -0.647. The number of nitrogens with one attached hydrogen (secondary N) is 1. The first-order valence-corrected chi connectivity index (χ1v) is 11.8. The van der Waals surface area contributed by atoms with Crippen molar-refractivity contribution in [2.75, 3.05) is 16.8 Å². The van der Waals surface area contributed by atoms with Crippen molar-refractivity contribution in [3.8, 4) is 16.9 Å². The third-order valence-electron chi connectivity index (χ3n) is 6.51. The second-order valence-corrected chi connectivity index (χ2v) is 8.77. The lowest BCUT2D eigenvalue weighted by molar-refractivity contribution is 0.0985. The summed E-state index contributed by atoms with van der Waals surface area (Å²) in [4.78, 5) is 28.2. The normalized spacial score (nSPS) is 13.1. The number of aromatic hydroxyl groups is 1. The number of hydrogen-bond acceptors (Lipinski definition) is 3. The lowest BCUT2D eigenvalue weighted by Crippen LogP contribution is -2.31. The van der Waals surface area contributed by atoms with E-state index in [1.165, 1.54) is 6.07 Å². The number of benzene rings is 3. The number of fused-ring (bicyclic) bond motifs is 1. The molecule has 35 heavy (non-hydrogen) atoms. The fourth-order valence-corrected chi connectivity index (χ4v) is 4.66. The van der Waals surface area contributed by atoms with Gasteiger partial charge in [0.2, 0.25) is 0 Å². The molecule has 0 saturated heterocycles. The van der Waals surface area contributed by atoms with Crippen molar-refractivity contribution in [1.82, 2.24) is 4.57 Å². The van der Waals surface area contributed by atoms with Crippen LogP contribution in [0.25, 0.3) is 11.1 Å². The van der Waals surface area contributed by atoms with Crippen molar-refractivity contribution in [1.29, 1.82) is 0 Å². The smallest absolute Gasteiger partial charge is 0.258 e. The molecule has 6 heteroatoms. The third-order valence-corrected chi connectivity index (χ3v) is 6.51. The van der Waals surface area contributed by atoms with Crippen LogP contribution in [0.15, 0.2) is 85.1 Å². The number of aromatic nitrogens is 1. The molecule has 1 aliphatic heterocycles. The van der Waals surface area contributed by atoms with Crippen molar-refractivity contribution in [2.45, 2.75) is 19.3 Å². The summed E-state index contributed by atoms with van der Waals surface area (Å²) < 4.78 is 2.06. The van der Waals surface area contributed by atoms with Crippen LogP contribution >= 0.6 is 0 Å². The molecule has 6 nitrogen and oxygen atoms in total. The van der Waals surface area contributed by atoms with E-state index in [9.17, 15) is 14.7 Å². The number of anilines is 2. The molecule has 2 N–H and O–H groups in total. The minimum Gasteiger partial charge on any atom is -0.506 e. The molecular weight excluding hydrogens is 438 g/mol. The van der Waals surface area contributed by atoms with Crippen LogP contribution in [0.5, 0.6) is 5.75 Å². The highest BCUT2D eigenvalue weighted by Gasteiger charge is 2.25. The van der Waals surface area contributed by atoms with Crippen molar-refractivity contribution in [3.63, 3.8) is 0 Å². The van der Waals surface area contributed by atoms with Gasteiger partial charge in [0, 0.05) is 36.6 Å². The number of rotatable bonds is 4. The quantitative estimate of drug-likeness (QED) is 0.384. The molecular formula is C29H27N3O3. The van der Waals surface area contributed by atoms with E-state index < -0.39 is 0 Å². The van der Waals surface area contributed by atoms with Crippen molar-refractivity contribution in [3.05, 3.63) is 102 Å². The van der Waals surface area contributed by atoms with Crippen molar-refractivity contribution in [2.24, 2.45) is 7.05 Å². The van der Waals surface area contributed by atoms with E-state index >= 15 is 0 Å². The van der Waals surface area contributed by atoms with Crippen LogP contribution in [0, 0.1) is 0 Å². The molecule has 2 heterocycles. The molecule has 1 aromatic heterocycles. The highest BCUT2D eigenvalue weighted by molar-refractivity contribution is 6.10. The van der Waals surface area contributed by atoms with E-state index in [2.05, 4.69) is 9.88 Å². The standard InChI is InChI=1S/C29H27N3O3/c1-31-18-16-26-25(31)13-7-8-17-32(26)29(35)21-14-15-24(27(33)19-21)30-28(34)23-12-6-5-11-22(23)20-9-3-2-4-10-20/h2-6,9-12,14-16,18-19,33H,7-8,13,17H2,1H3,(H,30,34). The van der Waals surface area contributed by atoms with E-state index in [-0.39, 0.29) is 23.3 Å². The van der Waals surface area contributed by atoms with Crippen LogP contribution in [-0.4, -0.2) is 28.0 Å². The largest absolute Gasteiger partial charge is 0.506 e. The van der Waals surface area contributed by atoms with E-state index in [1.54, 1.807) is 23.1 Å². The van der Waals surface area contributed by atoms with E-state index in [1.807, 2.05) is 67.8 Å². The Morgan fingerprint density at radius 2 is 1.69 bits per heavy atom. The maximum Gasteiger partial charge on any atom is 0.258 e. The number of phenols is 1. The number of carbonyl (C=O) groups is 2. The molecule has 0 spiro atoms. The Morgan fingerprint density at radius 3 is 2.49 bits per heavy atom. The van der Waals surface area contributed by atoms with Gasteiger partial charge in [-0.05, 0) is 60.7 Å². The molecule has 5 rings (SSSR count). The predicted octanol–water partition coefficient (Wildman–Crippen LogP) is 5.63. The number of nitrogens with zero attached hydrogens (tertiary/aromatic N) is 2. The second-order valence-electron chi connectivity index (χ2n) is 8.77. The SMILES string of the molecule is Cn1ccc2c1CCCCN2C(=O)c1ccc(NC(=O)c2ccccc2-c2ccccc2)c(O)c1. The van der Waals surface area contributed by atoms with Gasteiger partial charge in [-0.25, -0.2) is 0 Å². The topological polar surface area (TPSA) is 74.6 Å². The molecule has 2 amide bonds. The number of phenolic OH excluding ortho intramolecular Hbond substituents is 1. The lowest BCUT2D eigenvalue weighted by atomic mass is 9.99. The number of hydrogen-bond donors (Lipinski definition) is 2. The zero-order chi connectivity index (χ0) is 24.4. The second kappa shape index (κ2) is 9.50. The minimum absolute atomic E-state index is 0.149. The number of carbonyl (C=O) groups excluding carboxylic acids is 2. The van der Waals surface area contributed by atoms with Gasteiger partial charge >= 0.3 is 0 Å². The first kappa shape index (κ1) is 22.5. The maximum atomic E-state index is 13.4. The van der Waals surface area contributed by atoms with Crippen LogP contribution in [0.3, 0.4) is 0 Å². The van der Waals surface area contributed by atoms with Crippen LogP contribution in [0.1, 0.15) is 39.3 Å². The zero-order valence-electron chi connectivity index (χ0n) is 19.6. The van der Waals surface area contributed by atoms with Crippen LogP contribution in [-0.2, 0) is 13.5 Å².